The first-order valence-corrected chi connectivity index (χ1v) is 13.7. The largest absolute Gasteiger partial charge is 0.506 e. The van der Waals surface area contributed by atoms with Crippen LogP contribution in [0.3, 0.4) is 0 Å². The Balaban J connectivity index is 1.55. The van der Waals surface area contributed by atoms with Crippen molar-refractivity contribution >= 4 is 22.1 Å². The molecule has 6 nitrogen and oxygen atoms in total. The molecule has 6 heteroatoms. The highest BCUT2D eigenvalue weighted by atomic mass is 16.5. The number of nitrogen functional groups attached to an aromatic ring is 2. The number of hydrogen-bond donors (Lipinski definition) is 4. The molecule has 212 valence electrons. The number of anilines is 2. The van der Waals surface area contributed by atoms with Crippen molar-refractivity contribution in [1.29, 1.82) is 0 Å². The molecule has 0 atom stereocenters. The van der Waals surface area contributed by atoms with Crippen molar-refractivity contribution in [2.45, 2.75) is 0 Å². The normalized spacial score (nSPS) is 10.3. The van der Waals surface area contributed by atoms with E-state index in [1.165, 1.54) is 12.1 Å². The summed E-state index contributed by atoms with van der Waals surface area (Å²) in [6.45, 7) is 0. The molecular weight excluding hydrogens is 548 g/mol. The maximum absolute atomic E-state index is 9.95. The molecule has 6 rings (SSSR count). The van der Waals surface area contributed by atoms with Crippen LogP contribution < -0.4 is 20.9 Å². The Bertz CT molecular complexity index is 2120. The number of hydrogen-bond acceptors (Lipinski definition) is 6. The highest BCUT2D eigenvalue weighted by molar-refractivity contribution is 5.96. The summed E-state index contributed by atoms with van der Waals surface area (Å²) in [7, 11) is 0. The van der Waals surface area contributed by atoms with Crippen LogP contribution in [0, 0.1) is 23.7 Å². The van der Waals surface area contributed by atoms with E-state index in [1.807, 2.05) is 84.9 Å². The number of phenolic OH excluding ortho intramolecular Hbond substituents is 2. The number of ether oxygens (including phenoxy) is 2. The number of rotatable bonds is 4. The first-order chi connectivity index (χ1) is 21.4. The minimum atomic E-state index is -0.0303. The van der Waals surface area contributed by atoms with E-state index >= 15 is 0 Å². The second-order valence-corrected chi connectivity index (χ2v) is 9.88. The van der Waals surface area contributed by atoms with E-state index in [1.54, 1.807) is 24.3 Å². The van der Waals surface area contributed by atoms with E-state index in [-0.39, 0.29) is 22.9 Å². The van der Waals surface area contributed by atoms with Crippen molar-refractivity contribution in [3.63, 3.8) is 0 Å². The molecule has 0 unspecified atom stereocenters. The molecule has 0 aliphatic carbocycles. The highest BCUT2D eigenvalue weighted by Gasteiger charge is 2.15. The van der Waals surface area contributed by atoms with Crippen LogP contribution in [0.15, 0.2) is 121 Å². The van der Waals surface area contributed by atoms with Crippen LogP contribution in [0.25, 0.3) is 10.8 Å². The Morgan fingerprint density at radius 3 is 1.59 bits per heavy atom. The average molecular weight is 575 g/mol. The topological polar surface area (TPSA) is 111 Å². The summed E-state index contributed by atoms with van der Waals surface area (Å²) < 4.78 is 12.5. The van der Waals surface area contributed by atoms with Crippen LogP contribution in [0.4, 0.5) is 11.4 Å². The lowest BCUT2D eigenvalue weighted by Gasteiger charge is -2.15. The molecule has 0 aliphatic rings. The Labute approximate surface area is 254 Å². The molecule has 0 amide bonds. The lowest BCUT2D eigenvalue weighted by molar-refractivity contribution is 0.466. The molecule has 0 saturated carbocycles. The molecule has 0 spiro atoms. The van der Waals surface area contributed by atoms with E-state index in [9.17, 15) is 10.2 Å². The van der Waals surface area contributed by atoms with Gasteiger partial charge in [-0.2, -0.15) is 0 Å². The molecule has 0 saturated heterocycles. The van der Waals surface area contributed by atoms with Gasteiger partial charge in [-0.25, -0.2) is 0 Å². The predicted octanol–water partition coefficient (Wildman–Crippen LogP) is 7.80. The summed E-state index contributed by atoms with van der Waals surface area (Å²) in [6, 6.07) is 36.2. The first kappa shape index (κ1) is 27.7. The Hall–Kier alpha value is -6.50. The molecule has 0 aliphatic heterocycles. The summed E-state index contributed by atoms with van der Waals surface area (Å²) in [5.74, 6) is 15.0. The van der Waals surface area contributed by atoms with Gasteiger partial charge in [0.1, 0.15) is 34.5 Å². The van der Waals surface area contributed by atoms with Gasteiger partial charge in [0.15, 0.2) is 0 Å². The lowest BCUT2D eigenvalue weighted by atomic mass is 9.97. The first-order valence-electron chi connectivity index (χ1n) is 13.7. The van der Waals surface area contributed by atoms with Crippen LogP contribution in [0.1, 0.15) is 22.3 Å². The highest BCUT2D eigenvalue weighted by Crippen LogP contribution is 2.38. The molecule has 6 aromatic carbocycles. The van der Waals surface area contributed by atoms with Crippen molar-refractivity contribution in [2.24, 2.45) is 0 Å². The quantitative estimate of drug-likeness (QED) is 0.0971. The van der Waals surface area contributed by atoms with Crippen LogP contribution in [0.5, 0.6) is 34.5 Å². The van der Waals surface area contributed by atoms with Gasteiger partial charge in [0.05, 0.1) is 16.9 Å². The summed E-state index contributed by atoms with van der Waals surface area (Å²) in [6.07, 6.45) is 0. The molecule has 6 aromatic rings. The predicted molar refractivity (Wildman–Crippen MR) is 174 cm³/mol. The zero-order valence-electron chi connectivity index (χ0n) is 23.4. The van der Waals surface area contributed by atoms with Gasteiger partial charge in [0.25, 0.3) is 0 Å². The van der Waals surface area contributed by atoms with Gasteiger partial charge in [-0.1, -0.05) is 60.1 Å². The summed E-state index contributed by atoms with van der Waals surface area (Å²) in [5.41, 5.74) is 15.3. The molecule has 0 bridgehead atoms. The molecular formula is C38H26N2O4. The number of phenols is 2. The van der Waals surface area contributed by atoms with Crippen LogP contribution in [-0.2, 0) is 0 Å². The van der Waals surface area contributed by atoms with Crippen molar-refractivity contribution in [2.75, 3.05) is 11.5 Å². The van der Waals surface area contributed by atoms with E-state index in [2.05, 4.69) is 23.7 Å². The van der Waals surface area contributed by atoms with Gasteiger partial charge < -0.3 is 31.2 Å². The fourth-order valence-corrected chi connectivity index (χ4v) is 4.53. The van der Waals surface area contributed by atoms with Crippen LogP contribution in [-0.4, -0.2) is 10.2 Å². The second-order valence-electron chi connectivity index (χ2n) is 9.88. The second kappa shape index (κ2) is 12.2. The van der Waals surface area contributed by atoms with E-state index in [0.717, 1.165) is 21.9 Å². The zero-order chi connectivity index (χ0) is 30.5. The standard InChI is InChI=1S/C38H26N2O4/c39-34-23-29(15-19-36(34)41)43-28-14-18-31-32(17-12-26-9-5-2-6-10-26)38(44-30-16-20-37(42)35(40)24-30)21-27(33(31)22-28)13-11-25-7-3-1-4-8-25/h1-10,14-16,18-24,41-42H,39-40H2. The van der Waals surface area contributed by atoms with E-state index in [0.29, 0.717) is 34.1 Å². The molecule has 0 fully saturated rings. The Kier molecular flexibility index (Phi) is 7.65. The van der Waals surface area contributed by atoms with Crippen LogP contribution >= 0.6 is 0 Å². The fourth-order valence-electron chi connectivity index (χ4n) is 4.53. The minimum absolute atomic E-state index is 0.0149. The van der Waals surface area contributed by atoms with Gasteiger partial charge in [0.2, 0.25) is 0 Å². The third kappa shape index (κ3) is 6.21. The molecule has 44 heavy (non-hydrogen) atoms. The van der Waals surface area contributed by atoms with E-state index in [4.69, 9.17) is 20.9 Å². The Morgan fingerprint density at radius 2 is 1.00 bits per heavy atom. The zero-order valence-corrected chi connectivity index (χ0v) is 23.4. The molecule has 0 heterocycles. The van der Waals surface area contributed by atoms with Gasteiger partial charge in [-0.05, 0) is 72.8 Å². The minimum Gasteiger partial charge on any atom is -0.506 e. The van der Waals surface area contributed by atoms with Crippen molar-refractivity contribution in [3.05, 3.63) is 144 Å². The maximum Gasteiger partial charge on any atom is 0.144 e. The third-order valence-corrected chi connectivity index (χ3v) is 6.75. The molecule has 6 N–H and O–H groups in total. The average Bonchev–Trinajstić information content (AvgIpc) is 3.04. The summed E-state index contributed by atoms with van der Waals surface area (Å²) in [5, 5.41) is 21.4. The van der Waals surface area contributed by atoms with Gasteiger partial charge in [-0.3, -0.25) is 0 Å². The van der Waals surface area contributed by atoms with Gasteiger partial charge in [0, 0.05) is 39.6 Å². The number of benzene rings is 6. The molecule has 0 aromatic heterocycles. The Morgan fingerprint density at radius 1 is 0.477 bits per heavy atom. The number of nitrogens with two attached hydrogens (primary N) is 2. The smallest absolute Gasteiger partial charge is 0.144 e. The van der Waals surface area contributed by atoms with Crippen molar-refractivity contribution < 1.29 is 19.7 Å². The van der Waals surface area contributed by atoms with Gasteiger partial charge >= 0.3 is 0 Å². The lowest BCUT2D eigenvalue weighted by Crippen LogP contribution is -1.95. The monoisotopic (exact) mass is 574 g/mol. The number of aromatic hydroxyl groups is 2. The summed E-state index contributed by atoms with van der Waals surface area (Å²) >= 11 is 0. The summed E-state index contributed by atoms with van der Waals surface area (Å²) in [4.78, 5) is 0. The maximum atomic E-state index is 9.95. The fraction of sp³-hybridized carbons (Fsp3) is 0. The van der Waals surface area contributed by atoms with Crippen molar-refractivity contribution in [3.8, 4) is 58.2 Å². The van der Waals surface area contributed by atoms with E-state index < -0.39 is 0 Å². The van der Waals surface area contributed by atoms with Crippen LogP contribution in [0.2, 0.25) is 0 Å². The van der Waals surface area contributed by atoms with Gasteiger partial charge in [-0.15, -0.1) is 0 Å². The SMILES string of the molecule is Nc1cc(Oc2ccc3c(C#Cc4ccccc4)c(Oc4ccc(O)c(N)c4)cc(C#Cc4ccccc4)c3c2)ccc1O. The molecule has 0 radical (unpaired) electrons. The third-order valence-electron chi connectivity index (χ3n) is 6.75. The number of fused-ring (bicyclic) bond motifs is 1. The van der Waals surface area contributed by atoms with Crippen molar-refractivity contribution in [1.82, 2.24) is 0 Å².